The Bertz CT molecular complexity index is 2850. The molecule has 0 aliphatic rings. The van der Waals surface area contributed by atoms with Crippen molar-refractivity contribution in [3.05, 3.63) is 97.1 Å². The van der Waals surface area contributed by atoms with Crippen LogP contribution in [0, 0.1) is 0 Å². The monoisotopic (exact) mass is 842 g/mol. The quantitative estimate of drug-likeness (QED) is 0.0438. The Balaban J connectivity index is 0.00000561. The van der Waals surface area contributed by atoms with Gasteiger partial charge in [0.2, 0.25) is 0 Å². The van der Waals surface area contributed by atoms with Crippen LogP contribution in [0.1, 0.15) is 0 Å². The van der Waals surface area contributed by atoms with Gasteiger partial charge in [0.1, 0.15) is 37.6 Å². The van der Waals surface area contributed by atoms with E-state index in [1.165, 1.54) is 37.4 Å². The molecule has 0 amide bonds. The number of hydrogen-bond acceptors (Lipinski definition) is 14. The first-order chi connectivity index (χ1) is 24.9. The number of azo groups is 2. The van der Waals surface area contributed by atoms with E-state index < -0.39 is 62.2 Å². The summed E-state index contributed by atoms with van der Waals surface area (Å²) in [6.45, 7) is 0. The molecule has 6 rings (SSSR count). The van der Waals surface area contributed by atoms with E-state index in [1.807, 2.05) is 0 Å². The molecule has 0 unspecified atom stereocenters. The summed E-state index contributed by atoms with van der Waals surface area (Å²) < 4.78 is 107. The zero-order valence-electron chi connectivity index (χ0n) is 27.1. The number of phenolic OH excluding ortho intramolecular Hbond substituents is 2. The van der Waals surface area contributed by atoms with Gasteiger partial charge in [0.05, 0.1) is 18.5 Å². The van der Waals surface area contributed by atoms with Gasteiger partial charge in [-0.25, -0.2) is 0 Å². The van der Waals surface area contributed by atoms with E-state index in [-0.39, 0.29) is 55.7 Å². The van der Waals surface area contributed by atoms with Gasteiger partial charge in [0.25, 0.3) is 30.4 Å². The van der Waals surface area contributed by atoms with Crippen molar-refractivity contribution in [1.29, 1.82) is 0 Å². The van der Waals surface area contributed by atoms with E-state index >= 15 is 0 Å². The van der Waals surface area contributed by atoms with Crippen molar-refractivity contribution in [1.82, 2.24) is 0 Å². The summed E-state index contributed by atoms with van der Waals surface area (Å²) in [7, 11) is -13.1. The number of benzene rings is 6. The SMILES string of the molecule is COc1ccc(Nc2ccc3c(O)c(N=Nc4ccc(N=Nc5cc(S(=O)(=O)O)c6cccc(S(=O)(=O)O)c6c5)cc4O)c(S(=O)(=O)O)cc3c2)cc1.[Cu]. The molecule has 283 valence electrons. The molecular formula is C33H25CuN5O12S3. The molecule has 0 aromatic heterocycles. The van der Waals surface area contributed by atoms with Crippen LogP contribution in [0.5, 0.6) is 17.2 Å². The second kappa shape index (κ2) is 15.1. The molecule has 21 heteroatoms. The third-order valence-electron chi connectivity index (χ3n) is 7.66. The maximum Gasteiger partial charge on any atom is 0.296 e. The van der Waals surface area contributed by atoms with Gasteiger partial charge in [-0.05, 0) is 84.2 Å². The minimum absolute atomic E-state index is 0. The van der Waals surface area contributed by atoms with Crippen molar-refractivity contribution >= 4 is 86.0 Å². The topological polar surface area (TPSA) is 274 Å². The van der Waals surface area contributed by atoms with Crippen LogP contribution in [0.25, 0.3) is 21.5 Å². The molecule has 0 saturated heterocycles. The van der Waals surface area contributed by atoms with Crippen LogP contribution in [0.2, 0.25) is 0 Å². The maximum atomic E-state index is 12.4. The Morgan fingerprint density at radius 2 is 1.22 bits per heavy atom. The molecule has 1 radical (unpaired) electrons. The second-order valence-electron chi connectivity index (χ2n) is 11.2. The molecule has 6 aromatic rings. The molecular weight excluding hydrogens is 818 g/mol. The fourth-order valence-corrected chi connectivity index (χ4v) is 7.33. The number of methoxy groups -OCH3 is 1. The Morgan fingerprint density at radius 3 is 1.85 bits per heavy atom. The first kappa shape index (κ1) is 39.7. The normalized spacial score (nSPS) is 12.4. The number of aromatic hydroxyl groups is 2. The average molecular weight is 843 g/mol. The Hall–Kier alpha value is -5.51. The molecule has 54 heavy (non-hydrogen) atoms. The fourth-order valence-electron chi connectivity index (χ4n) is 5.25. The van der Waals surface area contributed by atoms with E-state index in [0.29, 0.717) is 17.1 Å². The Morgan fingerprint density at radius 1 is 0.574 bits per heavy atom. The summed E-state index contributed by atoms with van der Waals surface area (Å²) in [6.07, 6.45) is 0. The van der Waals surface area contributed by atoms with Crippen molar-refractivity contribution in [3.63, 3.8) is 0 Å². The molecule has 0 saturated carbocycles. The molecule has 6 N–H and O–H groups in total. The molecule has 0 spiro atoms. The van der Waals surface area contributed by atoms with Crippen LogP contribution in [0.4, 0.5) is 34.1 Å². The number of hydrogen-bond donors (Lipinski definition) is 6. The molecule has 0 bridgehead atoms. The maximum absolute atomic E-state index is 12.4. The molecule has 0 atom stereocenters. The van der Waals surface area contributed by atoms with Gasteiger partial charge >= 0.3 is 0 Å². The summed E-state index contributed by atoms with van der Waals surface area (Å²) >= 11 is 0. The van der Waals surface area contributed by atoms with Crippen LogP contribution in [-0.2, 0) is 47.4 Å². The number of fused-ring (bicyclic) bond motifs is 2. The van der Waals surface area contributed by atoms with Gasteiger partial charge in [-0.3, -0.25) is 13.7 Å². The van der Waals surface area contributed by atoms with Gasteiger partial charge in [-0.1, -0.05) is 12.1 Å². The zero-order chi connectivity index (χ0) is 38.3. The molecule has 17 nitrogen and oxygen atoms in total. The number of phenols is 2. The van der Waals surface area contributed by atoms with Gasteiger partial charge < -0.3 is 20.3 Å². The van der Waals surface area contributed by atoms with Gasteiger partial charge in [-0.15, -0.1) is 10.2 Å². The van der Waals surface area contributed by atoms with E-state index in [4.69, 9.17) is 4.74 Å². The average Bonchev–Trinajstić information content (AvgIpc) is 3.09. The molecule has 0 fully saturated rings. The summed E-state index contributed by atoms with van der Waals surface area (Å²) in [5, 5.41) is 40.2. The molecule has 0 aliphatic heterocycles. The Kier molecular flexibility index (Phi) is 11.1. The van der Waals surface area contributed by atoms with Crippen molar-refractivity contribution < 1.29 is 70.9 Å². The van der Waals surface area contributed by atoms with Crippen molar-refractivity contribution in [3.8, 4) is 17.2 Å². The third-order valence-corrected chi connectivity index (χ3v) is 10.3. The first-order valence-corrected chi connectivity index (χ1v) is 19.1. The van der Waals surface area contributed by atoms with E-state index in [2.05, 4.69) is 25.8 Å². The molecule has 6 aromatic carbocycles. The third kappa shape index (κ3) is 8.48. The van der Waals surface area contributed by atoms with Crippen LogP contribution < -0.4 is 10.1 Å². The summed E-state index contributed by atoms with van der Waals surface area (Å²) in [5.74, 6) is -0.541. The largest absolute Gasteiger partial charge is 0.506 e. The van der Waals surface area contributed by atoms with Gasteiger partial charge in [-0.2, -0.15) is 35.5 Å². The fraction of sp³-hybridized carbons (Fsp3) is 0.0303. The first-order valence-electron chi connectivity index (χ1n) is 14.8. The Labute approximate surface area is 317 Å². The number of ether oxygens (including phenoxy) is 1. The summed E-state index contributed by atoms with van der Waals surface area (Å²) in [5.41, 5.74) is 0.0793. The number of rotatable bonds is 10. The van der Waals surface area contributed by atoms with E-state index in [9.17, 15) is 49.1 Å². The van der Waals surface area contributed by atoms with Crippen LogP contribution >= 0.6 is 0 Å². The number of nitrogens with one attached hydrogen (secondary N) is 1. The minimum atomic E-state index is -4.96. The van der Waals surface area contributed by atoms with E-state index in [0.717, 1.165) is 30.3 Å². The summed E-state index contributed by atoms with van der Waals surface area (Å²) in [6, 6.07) is 21.7. The van der Waals surface area contributed by atoms with E-state index in [1.54, 1.807) is 36.4 Å². The van der Waals surface area contributed by atoms with Crippen molar-refractivity contribution in [2.75, 3.05) is 12.4 Å². The van der Waals surface area contributed by atoms with Crippen LogP contribution in [-0.4, -0.2) is 56.2 Å². The predicted octanol–water partition coefficient (Wildman–Crippen LogP) is 7.72. The van der Waals surface area contributed by atoms with Crippen LogP contribution in [0.3, 0.4) is 0 Å². The molecule has 0 aliphatic carbocycles. The number of anilines is 2. The smallest absolute Gasteiger partial charge is 0.296 e. The number of nitrogens with zero attached hydrogens (tertiary/aromatic N) is 4. The summed E-state index contributed by atoms with van der Waals surface area (Å²) in [4.78, 5) is -2.13. The standard InChI is InChI=1S/C33H25N5O12S3.Cu/c1-50-23-9-5-19(6-10-23)34-20-7-11-24-18(13-20)14-31(53(47,48)49)32(33(24)40)38-37-27-12-8-21(16-28(27)39)35-36-22-15-26-25(30(17-22)52(44,45)46)3-2-4-29(26)51(41,42)43;/h2-17,34,39-40H,1H3,(H,41,42,43)(H,44,45,46)(H,47,48,49);. The van der Waals surface area contributed by atoms with Gasteiger partial charge in [0.15, 0.2) is 5.75 Å². The predicted molar refractivity (Wildman–Crippen MR) is 192 cm³/mol. The zero-order valence-corrected chi connectivity index (χ0v) is 30.5. The van der Waals surface area contributed by atoms with Crippen molar-refractivity contribution in [2.24, 2.45) is 20.5 Å². The van der Waals surface area contributed by atoms with Gasteiger partial charge in [0, 0.05) is 50.7 Å². The second-order valence-corrected chi connectivity index (χ2v) is 15.3. The van der Waals surface area contributed by atoms with Crippen molar-refractivity contribution in [2.45, 2.75) is 14.7 Å². The minimum Gasteiger partial charge on any atom is -0.506 e. The van der Waals surface area contributed by atoms with Crippen LogP contribution in [0.15, 0.2) is 132 Å². The molecule has 0 heterocycles.